The molecule has 5 N–H and O–H groups in total. The number of carboxylic acids is 1. The number of aliphatic carboxylic acids is 1. The van der Waals surface area contributed by atoms with Crippen LogP contribution in [0.15, 0.2) is 10.9 Å². The molecule has 2 heterocycles. The number of likely N-dealkylation sites (tertiary alicyclic amines) is 1. The molecule has 11 heteroatoms. The number of H-pyrrole nitrogens is 1. The third-order valence-electron chi connectivity index (χ3n) is 4.31. The zero-order valence-electron chi connectivity index (χ0n) is 14.9. The Morgan fingerprint density at radius 3 is 2.93 bits per heavy atom. The van der Waals surface area contributed by atoms with Gasteiger partial charge in [0, 0.05) is 26.7 Å². The quantitative estimate of drug-likeness (QED) is 0.427. The number of nitrogen functional groups attached to an aromatic ring is 1. The molecular formula is C16H23ClN4O6. The fourth-order valence-electron chi connectivity index (χ4n) is 2.87. The lowest BCUT2D eigenvalue weighted by molar-refractivity contribution is -0.142. The van der Waals surface area contributed by atoms with Crippen molar-refractivity contribution < 1.29 is 24.2 Å². The minimum absolute atomic E-state index is 0.00594. The van der Waals surface area contributed by atoms with Gasteiger partial charge in [-0.05, 0) is 12.5 Å². The molecule has 1 aliphatic heterocycles. The van der Waals surface area contributed by atoms with Crippen molar-refractivity contribution in [1.29, 1.82) is 0 Å². The summed E-state index contributed by atoms with van der Waals surface area (Å²) in [5.41, 5.74) is 4.78. The lowest BCUT2D eigenvalue weighted by atomic mass is 10.0. The number of amides is 1. The molecule has 1 aliphatic rings. The van der Waals surface area contributed by atoms with Crippen LogP contribution in [0.5, 0.6) is 0 Å². The van der Waals surface area contributed by atoms with Crippen molar-refractivity contribution in [2.75, 3.05) is 45.7 Å². The van der Waals surface area contributed by atoms with E-state index < -0.39 is 17.4 Å². The summed E-state index contributed by atoms with van der Waals surface area (Å²) in [5.74, 6) is -1.56. The molecule has 0 spiro atoms. The monoisotopic (exact) mass is 402 g/mol. The van der Waals surface area contributed by atoms with Crippen LogP contribution in [0.3, 0.4) is 0 Å². The minimum atomic E-state index is -1.01. The van der Waals surface area contributed by atoms with E-state index in [0.29, 0.717) is 32.7 Å². The number of hydrogen-bond acceptors (Lipinski definition) is 7. The van der Waals surface area contributed by atoms with E-state index in [4.69, 9.17) is 31.9 Å². The molecule has 27 heavy (non-hydrogen) atoms. The van der Waals surface area contributed by atoms with Gasteiger partial charge in [-0.25, -0.2) is 4.79 Å². The molecule has 0 unspecified atom stereocenters. The Kier molecular flexibility index (Phi) is 7.60. The van der Waals surface area contributed by atoms with Gasteiger partial charge in [-0.1, -0.05) is 11.6 Å². The Morgan fingerprint density at radius 1 is 1.52 bits per heavy atom. The van der Waals surface area contributed by atoms with E-state index in [-0.39, 0.29) is 35.2 Å². The first-order chi connectivity index (χ1) is 12.8. The Morgan fingerprint density at radius 2 is 2.26 bits per heavy atom. The normalized spacial score (nSPS) is 20.4. The predicted octanol–water partition coefficient (Wildman–Crippen LogP) is -0.469. The van der Waals surface area contributed by atoms with Crippen LogP contribution in [-0.4, -0.2) is 79.0 Å². The number of aromatic amines is 1. The summed E-state index contributed by atoms with van der Waals surface area (Å²) in [7, 11) is 1.54. The van der Waals surface area contributed by atoms with E-state index in [2.05, 4.69) is 15.2 Å². The summed E-state index contributed by atoms with van der Waals surface area (Å²) in [6, 6.07) is 0.955. The molecule has 1 aromatic heterocycles. The number of nitrogens with two attached hydrogens (primary N) is 1. The fourth-order valence-corrected chi connectivity index (χ4v) is 3.03. The number of aromatic nitrogens is 1. The number of nitrogens with zero attached hydrogens (tertiary/aromatic N) is 1. The first-order valence-corrected chi connectivity index (χ1v) is 8.73. The number of anilines is 1. The summed E-state index contributed by atoms with van der Waals surface area (Å²) in [6.07, 6.45) is 0.314. The van der Waals surface area contributed by atoms with Gasteiger partial charge in [0.25, 0.3) is 11.5 Å². The third-order valence-corrected chi connectivity index (χ3v) is 4.62. The molecule has 0 saturated carbocycles. The van der Waals surface area contributed by atoms with Crippen LogP contribution in [0, 0.1) is 0 Å². The molecule has 150 valence electrons. The van der Waals surface area contributed by atoms with E-state index in [1.807, 2.05) is 0 Å². The molecule has 0 aliphatic carbocycles. The van der Waals surface area contributed by atoms with Crippen molar-refractivity contribution in [2.45, 2.75) is 18.6 Å². The standard InChI is InChI=1S/C16H23ClN4O6/c1-26-12-7-21(4-5-27-8-13(22)23)3-2-11(12)19-15(24)9-6-10(17)14(18)20-16(9)25/h6,11-12H,2-5,7-8H2,1H3,(H,19,24)(H,22,23)(H3,18,20,25)/t11-,12+/m1/s1. The Labute approximate surface area is 160 Å². The van der Waals surface area contributed by atoms with Crippen molar-refractivity contribution in [3.05, 3.63) is 27.0 Å². The molecule has 1 amide bonds. The molecule has 2 rings (SSSR count). The summed E-state index contributed by atoms with van der Waals surface area (Å²) < 4.78 is 10.5. The topological polar surface area (TPSA) is 147 Å². The number of carbonyl (C=O) groups excluding carboxylic acids is 1. The average Bonchev–Trinajstić information content (AvgIpc) is 2.62. The Hall–Kier alpha value is -2.14. The lowest BCUT2D eigenvalue weighted by Crippen LogP contribution is -2.55. The maximum Gasteiger partial charge on any atom is 0.329 e. The zero-order valence-corrected chi connectivity index (χ0v) is 15.6. The first kappa shape index (κ1) is 21.2. The maximum atomic E-state index is 12.4. The number of methoxy groups -OCH3 is 1. The van der Waals surface area contributed by atoms with Crippen LogP contribution in [0.2, 0.25) is 5.02 Å². The molecule has 1 saturated heterocycles. The van der Waals surface area contributed by atoms with Crippen LogP contribution in [0.1, 0.15) is 16.8 Å². The van der Waals surface area contributed by atoms with Crippen LogP contribution < -0.4 is 16.6 Å². The van der Waals surface area contributed by atoms with Gasteiger partial charge in [0.2, 0.25) is 0 Å². The number of pyridine rings is 1. The summed E-state index contributed by atoms with van der Waals surface area (Å²) >= 11 is 5.87. The number of ether oxygens (including phenoxy) is 2. The number of carboxylic acid groups (broad SMARTS) is 1. The van der Waals surface area contributed by atoms with Gasteiger partial charge in [0.05, 0.1) is 23.8 Å². The van der Waals surface area contributed by atoms with Crippen LogP contribution >= 0.6 is 11.6 Å². The van der Waals surface area contributed by atoms with Gasteiger partial charge < -0.3 is 30.6 Å². The highest BCUT2D eigenvalue weighted by molar-refractivity contribution is 6.33. The average molecular weight is 403 g/mol. The third kappa shape index (κ3) is 5.93. The second-order valence-corrected chi connectivity index (χ2v) is 6.57. The van der Waals surface area contributed by atoms with Crippen molar-refractivity contribution in [2.24, 2.45) is 0 Å². The molecule has 1 aromatic rings. The number of piperidine rings is 1. The molecule has 0 aromatic carbocycles. The van der Waals surface area contributed by atoms with E-state index in [0.717, 1.165) is 0 Å². The minimum Gasteiger partial charge on any atom is -0.480 e. The van der Waals surface area contributed by atoms with Crippen molar-refractivity contribution >= 4 is 29.3 Å². The second-order valence-electron chi connectivity index (χ2n) is 6.16. The van der Waals surface area contributed by atoms with E-state index in [1.54, 1.807) is 7.11 Å². The number of carbonyl (C=O) groups is 2. The maximum absolute atomic E-state index is 12.4. The smallest absolute Gasteiger partial charge is 0.329 e. The molecule has 1 fully saturated rings. The fraction of sp³-hybridized carbons (Fsp3) is 0.562. The van der Waals surface area contributed by atoms with Crippen LogP contribution in [0.4, 0.5) is 5.82 Å². The Bertz CT molecular complexity index is 740. The number of nitrogens with one attached hydrogen (secondary N) is 2. The molecule has 0 bridgehead atoms. The van der Waals surface area contributed by atoms with Crippen LogP contribution in [0.25, 0.3) is 0 Å². The predicted molar refractivity (Wildman–Crippen MR) is 98.0 cm³/mol. The van der Waals surface area contributed by atoms with Crippen molar-refractivity contribution in [1.82, 2.24) is 15.2 Å². The highest BCUT2D eigenvalue weighted by atomic mass is 35.5. The van der Waals surface area contributed by atoms with Gasteiger partial charge in [0.1, 0.15) is 18.0 Å². The van der Waals surface area contributed by atoms with Crippen molar-refractivity contribution in [3.63, 3.8) is 0 Å². The van der Waals surface area contributed by atoms with Crippen molar-refractivity contribution in [3.8, 4) is 0 Å². The summed E-state index contributed by atoms with van der Waals surface area (Å²) in [4.78, 5) is 39.2. The van der Waals surface area contributed by atoms with Gasteiger partial charge in [0.15, 0.2) is 0 Å². The largest absolute Gasteiger partial charge is 0.480 e. The van der Waals surface area contributed by atoms with Gasteiger partial charge in [-0.2, -0.15) is 0 Å². The van der Waals surface area contributed by atoms with E-state index >= 15 is 0 Å². The lowest BCUT2D eigenvalue weighted by Gasteiger charge is -2.38. The molecule has 10 nitrogen and oxygen atoms in total. The Balaban J connectivity index is 1.92. The van der Waals surface area contributed by atoms with Gasteiger partial charge in [-0.3, -0.25) is 14.5 Å². The van der Waals surface area contributed by atoms with Gasteiger partial charge in [-0.15, -0.1) is 0 Å². The number of halogens is 1. The van der Waals surface area contributed by atoms with Crippen LogP contribution in [-0.2, 0) is 14.3 Å². The highest BCUT2D eigenvalue weighted by Crippen LogP contribution is 2.16. The second kappa shape index (κ2) is 9.70. The number of hydrogen-bond donors (Lipinski definition) is 4. The SMILES string of the molecule is CO[C@H]1CN(CCOCC(=O)O)CC[C@H]1NC(=O)c1cc(Cl)c(N)[nH]c1=O. The van der Waals surface area contributed by atoms with E-state index in [1.165, 1.54) is 6.07 Å². The highest BCUT2D eigenvalue weighted by Gasteiger charge is 2.31. The zero-order chi connectivity index (χ0) is 20.0. The first-order valence-electron chi connectivity index (χ1n) is 8.35. The molecule has 0 radical (unpaired) electrons. The summed E-state index contributed by atoms with van der Waals surface area (Å²) in [5, 5.41) is 11.5. The number of rotatable bonds is 8. The van der Waals surface area contributed by atoms with E-state index in [9.17, 15) is 14.4 Å². The summed E-state index contributed by atoms with van der Waals surface area (Å²) in [6.45, 7) is 1.72. The van der Waals surface area contributed by atoms with Gasteiger partial charge >= 0.3 is 5.97 Å². The molecular weight excluding hydrogens is 380 g/mol. The molecule has 2 atom stereocenters.